The number of carbonyl (C=O) groups excluding carboxylic acids is 1. The predicted octanol–water partition coefficient (Wildman–Crippen LogP) is 0.891. The van der Waals surface area contributed by atoms with Crippen LogP contribution in [0.5, 0.6) is 0 Å². The molecule has 3 heteroatoms. The van der Waals surface area contributed by atoms with E-state index in [1.165, 1.54) is 7.11 Å². The smallest absolute Gasteiger partial charge is 0.306 e. The van der Waals surface area contributed by atoms with Crippen LogP contribution >= 0.6 is 0 Å². The molecule has 0 bridgehead atoms. The van der Waals surface area contributed by atoms with Gasteiger partial charge in [-0.3, -0.25) is 4.79 Å². The number of carbonyl (C=O) groups is 1. The van der Waals surface area contributed by atoms with E-state index in [1.807, 2.05) is 0 Å². The fraction of sp³-hybridized carbons (Fsp3) is 0.875. The Bertz CT molecular complexity index is 111. The molecule has 0 aromatic heterocycles. The molecule has 11 heavy (non-hydrogen) atoms. The van der Waals surface area contributed by atoms with Gasteiger partial charge in [0.15, 0.2) is 0 Å². The Morgan fingerprint density at radius 3 is 2.27 bits per heavy atom. The van der Waals surface area contributed by atoms with Crippen molar-refractivity contribution in [3.63, 3.8) is 0 Å². The van der Waals surface area contributed by atoms with E-state index in [0.29, 0.717) is 6.42 Å². The van der Waals surface area contributed by atoms with E-state index >= 15 is 0 Å². The summed E-state index contributed by atoms with van der Waals surface area (Å²) in [5.41, 5.74) is 0. The maximum Gasteiger partial charge on any atom is 0.306 e. The number of methoxy groups -OCH3 is 1. The third-order valence-electron chi connectivity index (χ3n) is 1.75. The molecular weight excluding hydrogens is 142 g/mol. The fourth-order valence-corrected chi connectivity index (χ4v) is 0.891. The third kappa shape index (κ3) is 4.79. The van der Waals surface area contributed by atoms with E-state index < -0.39 is 0 Å². The number of hydrogen-bond donors (Lipinski definition) is 0. The summed E-state index contributed by atoms with van der Waals surface area (Å²) in [6.45, 7) is 6.96. The monoisotopic (exact) mass is 159 g/mol. The second-order valence-corrected chi connectivity index (χ2v) is 2.35. The van der Waals surface area contributed by atoms with Gasteiger partial charge in [0, 0.05) is 6.54 Å². The van der Waals surface area contributed by atoms with Crippen LogP contribution in [0.1, 0.15) is 20.3 Å². The lowest BCUT2D eigenvalue weighted by Gasteiger charge is -2.16. The standard InChI is InChI=1S/C8H17NO2/c1-4-9(5-2)7-6-8(10)11-3/h4-7H2,1-3H3. The van der Waals surface area contributed by atoms with Crippen LogP contribution in [-0.2, 0) is 9.53 Å². The highest BCUT2D eigenvalue weighted by Crippen LogP contribution is 1.91. The molecule has 0 amide bonds. The molecule has 0 saturated heterocycles. The molecule has 0 radical (unpaired) electrons. The number of nitrogens with zero attached hydrogens (tertiary/aromatic N) is 1. The van der Waals surface area contributed by atoms with Gasteiger partial charge in [-0.1, -0.05) is 13.8 Å². The summed E-state index contributed by atoms with van der Waals surface area (Å²) in [6, 6.07) is 0. The minimum Gasteiger partial charge on any atom is -0.469 e. The molecule has 0 heterocycles. The van der Waals surface area contributed by atoms with Gasteiger partial charge in [-0.05, 0) is 13.1 Å². The summed E-state index contributed by atoms with van der Waals surface area (Å²) in [7, 11) is 1.42. The lowest BCUT2D eigenvalue weighted by atomic mass is 10.4. The molecule has 0 fully saturated rings. The van der Waals surface area contributed by atoms with E-state index in [9.17, 15) is 4.79 Å². The van der Waals surface area contributed by atoms with Crippen molar-refractivity contribution in [3.8, 4) is 0 Å². The molecule has 66 valence electrons. The highest BCUT2D eigenvalue weighted by atomic mass is 16.5. The van der Waals surface area contributed by atoms with E-state index in [1.54, 1.807) is 0 Å². The van der Waals surface area contributed by atoms with Crippen LogP contribution in [0.4, 0.5) is 0 Å². The molecule has 0 aliphatic carbocycles. The normalized spacial score (nSPS) is 10.2. The van der Waals surface area contributed by atoms with Gasteiger partial charge in [-0.15, -0.1) is 0 Å². The summed E-state index contributed by atoms with van der Waals surface area (Å²) in [5, 5.41) is 0. The molecule has 3 nitrogen and oxygen atoms in total. The Labute approximate surface area is 68.3 Å². The van der Waals surface area contributed by atoms with E-state index in [0.717, 1.165) is 19.6 Å². The van der Waals surface area contributed by atoms with Crippen molar-refractivity contribution in [3.05, 3.63) is 0 Å². The molecule has 0 aromatic rings. The van der Waals surface area contributed by atoms with Crippen molar-refractivity contribution in [1.29, 1.82) is 0 Å². The molecule has 0 unspecified atom stereocenters. The molecule has 0 aliphatic rings. The molecule has 0 aromatic carbocycles. The first kappa shape index (κ1) is 10.4. The maximum atomic E-state index is 10.7. The average molecular weight is 159 g/mol. The minimum atomic E-state index is -0.128. The SMILES string of the molecule is CCN(CC)CCC(=O)OC. The van der Waals surface area contributed by atoms with Gasteiger partial charge in [-0.2, -0.15) is 0 Å². The first-order chi connectivity index (χ1) is 5.24. The average Bonchev–Trinajstić information content (AvgIpc) is 2.06. The van der Waals surface area contributed by atoms with Gasteiger partial charge in [0.1, 0.15) is 0 Å². The zero-order valence-electron chi connectivity index (χ0n) is 7.59. The summed E-state index contributed by atoms with van der Waals surface area (Å²) < 4.78 is 4.52. The molecule has 0 atom stereocenters. The Morgan fingerprint density at radius 1 is 1.36 bits per heavy atom. The van der Waals surface area contributed by atoms with Crippen molar-refractivity contribution < 1.29 is 9.53 Å². The van der Waals surface area contributed by atoms with Crippen molar-refractivity contribution in [2.45, 2.75) is 20.3 Å². The molecular formula is C8H17NO2. The quantitative estimate of drug-likeness (QED) is 0.558. The highest BCUT2D eigenvalue weighted by Gasteiger charge is 2.03. The zero-order chi connectivity index (χ0) is 8.69. The number of rotatable bonds is 5. The summed E-state index contributed by atoms with van der Waals surface area (Å²) in [4.78, 5) is 12.9. The molecule has 0 saturated carbocycles. The lowest BCUT2D eigenvalue weighted by Crippen LogP contribution is -2.25. The Balaban J connectivity index is 3.42. The second-order valence-electron chi connectivity index (χ2n) is 2.35. The predicted molar refractivity (Wildman–Crippen MR) is 44.4 cm³/mol. The minimum absolute atomic E-state index is 0.128. The van der Waals surface area contributed by atoms with Crippen molar-refractivity contribution in [2.24, 2.45) is 0 Å². The molecule has 0 N–H and O–H groups in total. The van der Waals surface area contributed by atoms with Gasteiger partial charge < -0.3 is 9.64 Å². The molecule has 0 aliphatic heterocycles. The van der Waals surface area contributed by atoms with Gasteiger partial charge in [0.25, 0.3) is 0 Å². The van der Waals surface area contributed by atoms with Gasteiger partial charge in [0.05, 0.1) is 13.5 Å². The summed E-state index contributed by atoms with van der Waals surface area (Å²) in [5.74, 6) is -0.128. The van der Waals surface area contributed by atoms with Crippen LogP contribution in [0.3, 0.4) is 0 Å². The van der Waals surface area contributed by atoms with Crippen LogP contribution in [0.15, 0.2) is 0 Å². The van der Waals surface area contributed by atoms with Crippen LogP contribution in [0, 0.1) is 0 Å². The Kier molecular flexibility index (Phi) is 5.84. The Morgan fingerprint density at radius 2 is 1.91 bits per heavy atom. The first-order valence-electron chi connectivity index (χ1n) is 4.03. The van der Waals surface area contributed by atoms with Gasteiger partial charge in [0.2, 0.25) is 0 Å². The second kappa shape index (κ2) is 6.16. The van der Waals surface area contributed by atoms with E-state index in [4.69, 9.17) is 0 Å². The third-order valence-corrected chi connectivity index (χ3v) is 1.75. The van der Waals surface area contributed by atoms with E-state index in [2.05, 4.69) is 23.5 Å². The van der Waals surface area contributed by atoms with E-state index in [-0.39, 0.29) is 5.97 Å². The number of esters is 1. The van der Waals surface area contributed by atoms with Crippen LogP contribution in [0.2, 0.25) is 0 Å². The maximum absolute atomic E-state index is 10.7. The van der Waals surface area contributed by atoms with Gasteiger partial charge in [-0.25, -0.2) is 0 Å². The molecule has 0 spiro atoms. The van der Waals surface area contributed by atoms with Crippen molar-refractivity contribution >= 4 is 5.97 Å². The van der Waals surface area contributed by atoms with Crippen LogP contribution < -0.4 is 0 Å². The zero-order valence-corrected chi connectivity index (χ0v) is 7.59. The first-order valence-corrected chi connectivity index (χ1v) is 4.03. The molecule has 0 rings (SSSR count). The van der Waals surface area contributed by atoms with Crippen molar-refractivity contribution in [1.82, 2.24) is 4.90 Å². The summed E-state index contributed by atoms with van der Waals surface area (Å²) in [6.07, 6.45) is 0.498. The highest BCUT2D eigenvalue weighted by molar-refractivity contribution is 5.69. The largest absolute Gasteiger partial charge is 0.469 e. The number of hydrogen-bond acceptors (Lipinski definition) is 3. The van der Waals surface area contributed by atoms with Crippen molar-refractivity contribution in [2.75, 3.05) is 26.7 Å². The lowest BCUT2D eigenvalue weighted by molar-refractivity contribution is -0.140. The topological polar surface area (TPSA) is 29.5 Å². The number of ether oxygens (including phenoxy) is 1. The van der Waals surface area contributed by atoms with Crippen LogP contribution in [0.25, 0.3) is 0 Å². The van der Waals surface area contributed by atoms with Gasteiger partial charge >= 0.3 is 5.97 Å². The van der Waals surface area contributed by atoms with Crippen LogP contribution in [-0.4, -0.2) is 37.6 Å². The fourth-order valence-electron chi connectivity index (χ4n) is 0.891. The Hall–Kier alpha value is -0.570. The summed E-state index contributed by atoms with van der Waals surface area (Å²) >= 11 is 0.